The van der Waals surface area contributed by atoms with Gasteiger partial charge in [-0.3, -0.25) is 4.40 Å². The van der Waals surface area contributed by atoms with Crippen LogP contribution in [-0.2, 0) is 0 Å². The molecule has 0 aliphatic heterocycles. The Kier molecular flexibility index (Phi) is 3.73. The first-order chi connectivity index (χ1) is 18.9. The number of furan rings is 1. The normalized spacial score (nSPS) is 12.2. The van der Waals surface area contributed by atoms with Crippen molar-refractivity contribution in [3.05, 3.63) is 121 Å². The standard InChI is InChI=1S/C33H20N4O/c1-2-10-21(11-3-1)35-27-15-7-4-12-23(27)25-20-22(18-19-28(25)35)36-32-31(24-13-5-9-17-30(24)38-32)37-29-16-8-6-14-26(29)34-33(36)37/h1-20H. The fourth-order valence-electron chi connectivity index (χ4n) is 6.05. The van der Waals surface area contributed by atoms with Crippen LogP contribution in [0.15, 0.2) is 126 Å². The summed E-state index contributed by atoms with van der Waals surface area (Å²) in [4.78, 5) is 5.06. The van der Waals surface area contributed by atoms with Crippen LogP contribution in [0, 0.1) is 0 Å². The zero-order valence-electron chi connectivity index (χ0n) is 20.2. The number of para-hydroxylation sites is 5. The van der Waals surface area contributed by atoms with Gasteiger partial charge in [0.25, 0.3) is 0 Å². The number of hydrogen-bond acceptors (Lipinski definition) is 2. The highest BCUT2D eigenvalue weighted by atomic mass is 16.3. The molecule has 4 aromatic heterocycles. The van der Waals surface area contributed by atoms with E-state index in [2.05, 4.69) is 117 Å². The van der Waals surface area contributed by atoms with E-state index in [0.29, 0.717) is 0 Å². The van der Waals surface area contributed by atoms with Crippen LogP contribution >= 0.6 is 0 Å². The second-order valence-electron chi connectivity index (χ2n) is 9.71. The highest BCUT2D eigenvalue weighted by Gasteiger charge is 2.23. The number of hydrogen-bond donors (Lipinski definition) is 0. The third-order valence-electron chi connectivity index (χ3n) is 7.65. The number of benzene rings is 5. The van der Waals surface area contributed by atoms with Crippen molar-refractivity contribution in [2.45, 2.75) is 0 Å². The summed E-state index contributed by atoms with van der Waals surface area (Å²) in [7, 11) is 0. The third-order valence-corrected chi connectivity index (χ3v) is 7.65. The Bertz CT molecular complexity index is 2260. The van der Waals surface area contributed by atoms with Crippen molar-refractivity contribution in [1.29, 1.82) is 0 Å². The van der Waals surface area contributed by atoms with Crippen LogP contribution in [0.1, 0.15) is 0 Å². The maximum atomic E-state index is 6.50. The van der Waals surface area contributed by atoms with Gasteiger partial charge in [-0.1, -0.05) is 60.7 Å². The van der Waals surface area contributed by atoms with E-state index < -0.39 is 0 Å². The molecular formula is C33H20N4O. The molecule has 0 aliphatic carbocycles. The van der Waals surface area contributed by atoms with Gasteiger partial charge in [-0.15, -0.1) is 0 Å². The minimum atomic E-state index is 0.797. The second-order valence-corrected chi connectivity index (χ2v) is 9.71. The highest BCUT2D eigenvalue weighted by Crippen LogP contribution is 2.38. The summed E-state index contributed by atoms with van der Waals surface area (Å²) in [5.74, 6) is 0.844. The molecule has 0 amide bonds. The van der Waals surface area contributed by atoms with Crippen LogP contribution in [0.5, 0.6) is 0 Å². The Balaban J connectivity index is 1.43. The van der Waals surface area contributed by atoms with Gasteiger partial charge in [0.15, 0.2) is 0 Å². The van der Waals surface area contributed by atoms with E-state index in [0.717, 1.165) is 50.4 Å². The third kappa shape index (κ3) is 2.47. The summed E-state index contributed by atoms with van der Waals surface area (Å²) < 4.78 is 13.2. The Labute approximate surface area is 216 Å². The predicted octanol–water partition coefficient (Wildman–Crippen LogP) is 8.27. The molecule has 0 saturated carbocycles. The van der Waals surface area contributed by atoms with Crippen molar-refractivity contribution >= 4 is 60.8 Å². The van der Waals surface area contributed by atoms with E-state index in [1.807, 2.05) is 18.2 Å². The second kappa shape index (κ2) is 7.14. The summed E-state index contributed by atoms with van der Waals surface area (Å²) in [6.45, 7) is 0. The minimum Gasteiger partial charge on any atom is -0.437 e. The van der Waals surface area contributed by atoms with Gasteiger partial charge in [0.05, 0.1) is 27.8 Å². The van der Waals surface area contributed by atoms with Gasteiger partial charge in [-0.25, -0.2) is 9.55 Å². The Hall–Kier alpha value is -5.29. The molecule has 9 rings (SSSR count). The van der Waals surface area contributed by atoms with E-state index in [1.54, 1.807) is 0 Å². The van der Waals surface area contributed by atoms with Gasteiger partial charge in [0.2, 0.25) is 11.5 Å². The summed E-state index contributed by atoms with van der Waals surface area (Å²) in [6.07, 6.45) is 0. The lowest BCUT2D eigenvalue weighted by atomic mass is 10.1. The highest BCUT2D eigenvalue weighted by molar-refractivity contribution is 6.11. The average Bonchev–Trinajstić information content (AvgIpc) is 3.69. The smallest absolute Gasteiger partial charge is 0.232 e. The van der Waals surface area contributed by atoms with Crippen LogP contribution in [0.3, 0.4) is 0 Å². The molecule has 0 unspecified atom stereocenters. The maximum absolute atomic E-state index is 6.50. The van der Waals surface area contributed by atoms with Crippen molar-refractivity contribution in [2.75, 3.05) is 0 Å². The fourth-order valence-corrected chi connectivity index (χ4v) is 6.05. The van der Waals surface area contributed by atoms with E-state index in [-0.39, 0.29) is 0 Å². The first-order valence-electron chi connectivity index (χ1n) is 12.7. The quantitative estimate of drug-likeness (QED) is 0.246. The Morgan fingerprint density at radius 3 is 2.13 bits per heavy atom. The Morgan fingerprint density at radius 2 is 1.24 bits per heavy atom. The number of imidazole rings is 2. The van der Waals surface area contributed by atoms with E-state index in [9.17, 15) is 0 Å². The molecule has 0 spiro atoms. The molecule has 38 heavy (non-hydrogen) atoms. The van der Waals surface area contributed by atoms with Crippen LogP contribution in [-0.4, -0.2) is 18.5 Å². The lowest BCUT2D eigenvalue weighted by molar-refractivity contribution is 0.645. The molecule has 0 aliphatic rings. The van der Waals surface area contributed by atoms with Gasteiger partial charge in [0.1, 0.15) is 11.1 Å². The molecule has 9 aromatic rings. The average molecular weight is 489 g/mol. The first kappa shape index (κ1) is 19.8. The molecule has 5 aromatic carbocycles. The molecule has 5 heteroatoms. The summed E-state index contributed by atoms with van der Waals surface area (Å²) in [5.41, 5.74) is 9.25. The van der Waals surface area contributed by atoms with Gasteiger partial charge in [0, 0.05) is 21.8 Å². The summed E-state index contributed by atoms with van der Waals surface area (Å²) in [6, 6.07) is 42.3. The molecule has 0 fully saturated rings. The molecule has 5 nitrogen and oxygen atoms in total. The van der Waals surface area contributed by atoms with E-state index in [4.69, 9.17) is 9.40 Å². The maximum Gasteiger partial charge on any atom is 0.232 e. The van der Waals surface area contributed by atoms with Crippen LogP contribution in [0.2, 0.25) is 0 Å². The topological polar surface area (TPSA) is 40.3 Å². The van der Waals surface area contributed by atoms with Crippen LogP contribution in [0.4, 0.5) is 0 Å². The molecule has 0 radical (unpaired) electrons. The minimum absolute atomic E-state index is 0.797. The van der Waals surface area contributed by atoms with Gasteiger partial charge in [-0.05, 0) is 60.7 Å². The molecule has 4 heterocycles. The van der Waals surface area contributed by atoms with Crippen molar-refractivity contribution < 1.29 is 4.42 Å². The zero-order chi connectivity index (χ0) is 24.8. The zero-order valence-corrected chi connectivity index (χ0v) is 20.2. The van der Waals surface area contributed by atoms with Crippen molar-refractivity contribution in [1.82, 2.24) is 18.5 Å². The lowest BCUT2D eigenvalue weighted by Gasteiger charge is -2.08. The van der Waals surface area contributed by atoms with Crippen molar-refractivity contribution in [3.8, 4) is 11.4 Å². The summed E-state index contributed by atoms with van der Waals surface area (Å²) in [5, 5.41) is 3.48. The number of aromatic nitrogens is 4. The largest absolute Gasteiger partial charge is 0.437 e. The number of rotatable bonds is 2. The molecule has 0 saturated heterocycles. The lowest BCUT2D eigenvalue weighted by Crippen LogP contribution is -1.96. The van der Waals surface area contributed by atoms with Gasteiger partial charge >= 0.3 is 0 Å². The molecular weight excluding hydrogens is 468 g/mol. The van der Waals surface area contributed by atoms with Crippen LogP contribution < -0.4 is 0 Å². The number of fused-ring (bicyclic) bond motifs is 10. The Morgan fingerprint density at radius 1 is 0.526 bits per heavy atom. The van der Waals surface area contributed by atoms with E-state index >= 15 is 0 Å². The van der Waals surface area contributed by atoms with Crippen molar-refractivity contribution in [3.63, 3.8) is 0 Å². The molecule has 0 bridgehead atoms. The summed E-state index contributed by atoms with van der Waals surface area (Å²) >= 11 is 0. The van der Waals surface area contributed by atoms with E-state index in [1.165, 1.54) is 21.8 Å². The first-order valence-corrected chi connectivity index (χ1v) is 12.7. The van der Waals surface area contributed by atoms with Gasteiger partial charge in [-0.2, -0.15) is 0 Å². The molecule has 0 N–H and O–H groups in total. The van der Waals surface area contributed by atoms with Crippen molar-refractivity contribution in [2.24, 2.45) is 0 Å². The predicted molar refractivity (Wildman–Crippen MR) is 154 cm³/mol. The van der Waals surface area contributed by atoms with Gasteiger partial charge < -0.3 is 8.98 Å². The SMILES string of the molecule is c1ccc(-n2c3ccccc3c3cc(-n4c5oc6ccccc6c5n5c6ccccc6nc45)ccc32)cc1. The van der Waals surface area contributed by atoms with Crippen LogP contribution in [0.25, 0.3) is 72.2 Å². The fraction of sp³-hybridized carbons (Fsp3) is 0. The monoisotopic (exact) mass is 488 g/mol. The molecule has 0 atom stereocenters. The number of nitrogens with zero attached hydrogens (tertiary/aromatic N) is 4. The molecule has 178 valence electrons.